The van der Waals surface area contributed by atoms with Crippen molar-refractivity contribution in [3.63, 3.8) is 0 Å². The fraction of sp³-hybridized carbons (Fsp3) is 0.474. The van der Waals surface area contributed by atoms with Crippen LogP contribution in [0.5, 0.6) is 0 Å². The second kappa shape index (κ2) is 10.9. The van der Waals surface area contributed by atoms with Crippen LogP contribution in [0.25, 0.3) is 0 Å². The molecule has 1 unspecified atom stereocenters. The summed E-state index contributed by atoms with van der Waals surface area (Å²) in [6.07, 6.45) is -9.45. The average molecular weight is 539 g/mol. The van der Waals surface area contributed by atoms with Crippen molar-refractivity contribution >= 4 is 22.1 Å². The van der Waals surface area contributed by atoms with Crippen molar-refractivity contribution in [1.82, 2.24) is 0 Å². The first kappa shape index (κ1) is 30.3. The quantitative estimate of drug-likeness (QED) is 0.0986. The first-order valence-corrected chi connectivity index (χ1v) is 10.7. The van der Waals surface area contributed by atoms with E-state index < -0.39 is 76.8 Å². The summed E-state index contributed by atoms with van der Waals surface area (Å²) in [5.74, 6) is -14.1. The molecule has 0 aliphatic carbocycles. The van der Waals surface area contributed by atoms with Crippen LogP contribution in [-0.4, -0.2) is 54.7 Å². The first-order valence-electron chi connectivity index (χ1n) is 9.30. The van der Waals surface area contributed by atoms with E-state index in [-0.39, 0.29) is 5.56 Å². The molecule has 1 aromatic rings. The summed E-state index contributed by atoms with van der Waals surface area (Å²) in [5.41, 5.74) is -0.436. The summed E-state index contributed by atoms with van der Waals surface area (Å²) in [6, 6.07) is 7.16. The lowest BCUT2D eigenvalue weighted by atomic mass is 10.2. The van der Waals surface area contributed by atoms with Crippen LogP contribution in [0.1, 0.15) is 25.3 Å². The van der Waals surface area contributed by atoms with Gasteiger partial charge in [0.2, 0.25) is 0 Å². The maximum Gasteiger partial charge on any atom is 0.468 e. The average Bonchev–Trinajstić information content (AvgIpc) is 2.72. The molecule has 16 heteroatoms. The Bertz CT molecular complexity index is 1030. The Labute approximate surface area is 194 Å². The van der Waals surface area contributed by atoms with Gasteiger partial charge in [0.25, 0.3) is 0 Å². The lowest BCUT2D eigenvalue weighted by Crippen LogP contribution is -2.58. The Balaban J connectivity index is 3.15. The highest BCUT2D eigenvalue weighted by Crippen LogP contribution is 2.42. The number of halogens is 7. The Hall–Kier alpha value is -2.72. The van der Waals surface area contributed by atoms with Gasteiger partial charge in [0, 0.05) is 12.0 Å². The van der Waals surface area contributed by atoms with E-state index >= 15 is 0 Å². The molecular weight excluding hydrogens is 521 g/mol. The molecule has 198 valence electrons. The zero-order valence-corrected chi connectivity index (χ0v) is 18.6. The van der Waals surface area contributed by atoms with Crippen LogP contribution in [0.3, 0.4) is 0 Å². The third kappa shape index (κ3) is 7.14. The molecule has 0 N–H and O–H groups in total. The van der Waals surface area contributed by atoms with E-state index in [0.29, 0.717) is 0 Å². The van der Waals surface area contributed by atoms with Crippen molar-refractivity contribution in [2.75, 3.05) is 6.61 Å². The topological polar surface area (TPSA) is 119 Å². The van der Waals surface area contributed by atoms with E-state index in [0.717, 1.165) is 6.92 Å². The molecule has 0 aliphatic rings. The number of hydrogen-bond donors (Lipinski definition) is 0. The number of hydrogen-bond acceptors (Lipinski definition) is 8. The van der Waals surface area contributed by atoms with Crippen molar-refractivity contribution in [2.24, 2.45) is 0 Å². The zero-order chi connectivity index (χ0) is 27.3. The minimum Gasteiger partial charge on any atom is -0.743 e. The number of ether oxygens (including phenoxy) is 3. The smallest absolute Gasteiger partial charge is 0.468 e. The normalized spacial score (nSPS) is 14.7. The number of alkyl halides is 7. The second-order valence-corrected chi connectivity index (χ2v) is 8.39. The summed E-state index contributed by atoms with van der Waals surface area (Å²) in [7, 11) is -6.83. The molecule has 0 aromatic heterocycles. The van der Waals surface area contributed by atoms with Crippen LogP contribution in [0, 0.1) is 0 Å². The highest BCUT2D eigenvalue weighted by Gasteiger charge is 2.68. The van der Waals surface area contributed by atoms with Gasteiger partial charge in [-0.1, -0.05) is 36.9 Å². The van der Waals surface area contributed by atoms with Gasteiger partial charge in [-0.15, -0.1) is 0 Å². The summed E-state index contributed by atoms with van der Waals surface area (Å²) in [4.78, 5) is 24.1. The summed E-state index contributed by atoms with van der Waals surface area (Å²) >= 11 is 0. The number of esters is 2. The third-order valence-electron chi connectivity index (χ3n) is 4.12. The van der Waals surface area contributed by atoms with Crippen molar-refractivity contribution in [2.45, 2.75) is 49.5 Å². The maximum absolute atomic E-state index is 13.9. The largest absolute Gasteiger partial charge is 0.743 e. The fourth-order valence-electron chi connectivity index (χ4n) is 2.26. The molecule has 35 heavy (non-hydrogen) atoms. The van der Waals surface area contributed by atoms with Crippen molar-refractivity contribution in [1.29, 1.82) is 0 Å². The van der Waals surface area contributed by atoms with Crippen LogP contribution in [0.2, 0.25) is 0 Å². The molecule has 1 rings (SSSR count). The van der Waals surface area contributed by atoms with E-state index in [9.17, 15) is 53.3 Å². The molecular formula is C19H18F7O8S-. The number of benzene rings is 1. The van der Waals surface area contributed by atoms with Crippen molar-refractivity contribution in [3.05, 3.63) is 48.0 Å². The molecule has 0 radical (unpaired) electrons. The van der Waals surface area contributed by atoms with Gasteiger partial charge >= 0.3 is 35.1 Å². The van der Waals surface area contributed by atoms with E-state index in [1.165, 1.54) is 24.3 Å². The Morgan fingerprint density at radius 2 is 1.57 bits per heavy atom. The zero-order valence-electron chi connectivity index (χ0n) is 17.7. The van der Waals surface area contributed by atoms with Crippen molar-refractivity contribution in [3.8, 4) is 0 Å². The molecule has 1 aromatic carbocycles. The van der Waals surface area contributed by atoms with Crippen molar-refractivity contribution < 1.29 is 67.5 Å². The van der Waals surface area contributed by atoms with Gasteiger partial charge in [-0.3, -0.25) is 0 Å². The van der Waals surface area contributed by atoms with Crippen LogP contribution in [0.15, 0.2) is 42.5 Å². The number of rotatable bonds is 12. The predicted molar refractivity (Wildman–Crippen MR) is 101 cm³/mol. The monoisotopic (exact) mass is 539 g/mol. The van der Waals surface area contributed by atoms with Gasteiger partial charge in [-0.25, -0.2) is 18.0 Å². The molecule has 0 saturated heterocycles. The molecule has 1 atom stereocenters. The maximum atomic E-state index is 13.9. The third-order valence-corrected chi connectivity index (χ3v) is 5.05. The Morgan fingerprint density at radius 1 is 1.03 bits per heavy atom. The molecule has 0 bridgehead atoms. The van der Waals surface area contributed by atoms with E-state index in [1.54, 1.807) is 6.07 Å². The predicted octanol–water partition coefficient (Wildman–Crippen LogP) is 3.68. The second-order valence-electron chi connectivity index (χ2n) is 6.97. The molecule has 0 aliphatic heterocycles. The highest BCUT2D eigenvalue weighted by molar-refractivity contribution is 7.86. The standard InChI is InChI=1S/C19H19F7O8S/c1-12(2)14(27)34-17(18(22,23)24,15(28)32-11-13-7-4-3-5-8-13)33-10-6-9-16(20,21)19(25,26)35(29,30)31/h3-5,7-8H,1,6,9-11H2,2H3,(H,29,30,31)/p-1. The molecule has 0 heterocycles. The van der Waals surface area contributed by atoms with Crippen LogP contribution in [0.4, 0.5) is 30.7 Å². The molecule has 0 spiro atoms. The SMILES string of the molecule is C=C(C)C(=O)OC(OCCCC(F)(F)C(F)(F)S(=O)(=O)[O-])(C(=O)OCc1ccccc1)C(F)(F)F. The van der Waals surface area contributed by atoms with Gasteiger partial charge < -0.3 is 18.8 Å². The summed E-state index contributed by atoms with van der Waals surface area (Å²) < 4.78 is 139. The number of carbonyl (C=O) groups is 2. The first-order chi connectivity index (χ1) is 15.8. The lowest BCUT2D eigenvalue weighted by Gasteiger charge is -2.33. The highest BCUT2D eigenvalue weighted by atomic mass is 32.2. The summed E-state index contributed by atoms with van der Waals surface area (Å²) in [5, 5.41) is -6.08. The lowest BCUT2D eigenvalue weighted by molar-refractivity contribution is -0.355. The summed E-state index contributed by atoms with van der Waals surface area (Å²) in [6.45, 7) is 1.59. The van der Waals surface area contributed by atoms with Crippen LogP contribution < -0.4 is 0 Å². The van der Waals surface area contributed by atoms with E-state index in [4.69, 9.17) is 0 Å². The molecule has 0 amide bonds. The Morgan fingerprint density at radius 3 is 2.03 bits per heavy atom. The molecule has 0 fully saturated rings. The van der Waals surface area contributed by atoms with Gasteiger partial charge in [0.05, 0.1) is 6.61 Å². The Kier molecular flexibility index (Phi) is 9.45. The van der Waals surface area contributed by atoms with Gasteiger partial charge in [-0.2, -0.15) is 30.7 Å². The number of carbonyl (C=O) groups excluding carboxylic acids is 2. The van der Waals surface area contributed by atoms with Crippen LogP contribution in [-0.2, 0) is 40.5 Å². The molecule has 8 nitrogen and oxygen atoms in total. The van der Waals surface area contributed by atoms with Gasteiger partial charge in [0.1, 0.15) is 6.61 Å². The van der Waals surface area contributed by atoms with Gasteiger partial charge in [-0.05, 0) is 18.9 Å². The van der Waals surface area contributed by atoms with E-state index in [2.05, 4.69) is 20.8 Å². The van der Waals surface area contributed by atoms with E-state index in [1.807, 2.05) is 0 Å². The molecule has 0 saturated carbocycles. The minimum atomic E-state index is -6.83. The van der Waals surface area contributed by atoms with Crippen LogP contribution >= 0.6 is 0 Å². The minimum absolute atomic E-state index is 0.198. The fourth-order valence-corrected chi connectivity index (χ4v) is 2.73. The van der Waals surface area contributed by atoms with Gasteiger partial charge in [0.15, 0.2) is 10.1 Å².